The first-order valence-electron chi connectivity index (χ1n) is 7.30. The molecule has 0 radical (unpaired) electrons. The standard InChI is InChI=1S/C19H20O2/c1-19(2)12-16(15-6-4-5-7-17(15)19)13-8-10-14(11-9-13)18(20)21-3/h4-11,16H,12H2,1-3H3. The molecule has 0 saturated heterocycles. The smallest absolute Gasteiger partial charge is 0.337 e. The van der Waals surface area contributed by atoms with E-state index in [1.807, 2.05) is 12.1 Å². The van der Waals surface area contributed by atoms with Crippen LogP contribution in [-0.4, -0.2) is 13.1 Å². The Bertz CT molecular complexity index is 668. The van der Waals surface area contributed by atoms with E-state index in [0.29, 0.717) is 11.5 Å². The zero-order valence-corrected chi connectivity index (χ0v) is 12.7. The van der Waals surface area contributed by atoms with Gasteiger partial charge in [0.25, 0.3) is 0 Å². The molecular formula is C19H20O2. The first-order chi connectivity index (χ1) is 10.0. The lowest BCUT2D eigenvalue weighted by Crippen LogP contribution is -2.12. The van der Waals surface area contributed by atoms with Crippen molar-refractivity contribution in [1.82, 2.24) is 0 Å². The molecule has 1 atom stereocenters. The molecule has 2 aromatic rings. The van der Waals surface area contributed by atoms with Gasteiger partial charge < -0.3 is 4.74 Å². The lowest BCUT2D eigenvalue weighted by atomic mass is 9.85. The SMILES string of the molecule is COC(=O)c1ccc(C2CC(C)(C)c3ccccc32)cc1. The van der Waals surface area contributed by atoms with Gasteiger partial charge >= 0.3 is 5.97 Å². The number of carbonyl (C=O) groups is 1. The first-order valence-corrected chi connectivity index (χ1v) is 7.30. The van der Waals surface area contributed by atoms with Crippen LogP contribution < -0.4 is 0 Å². The van der Waals surface area contributed by atoms with Crippen LogP contribution in [-0.2, 0) is 10.2 Å². The molecule has 0 amide bonds. The second kappa shape index (κ2) is 5.03. The maximum Gasteiger partial charge on any atom is 0.337 e. The Morgan fingerprint density at radius 2 is 1.76 bits per heavy atom. The van der Waals surface area contributed by atoms with Crippen LogP contribution in [0.1, 0.15) is 53.2 Å². The molecule has 1 aliphatic carbocycles. The minimum Gasteiger partial charge on any atom is -0.465 e. The number of rotatable bonds is 2. The summed E-state index contributed by atoms with van der Waals surface area (Å²) >= 11 is 0. The van der Waals surface area contributed by atoms with Crippen LogP contribution in [0.2, 0.25) is 0 Å². The third-order valence-corrected chi connectivity index (χ3v) is 4.51. The zero-order chi connectivity index (χ0) is 15.0. The van der Waals surface area contributed by atoms with E-state index in [-0.39, 0.29) is 11.4 Å². The maximum absolute atomic E-state index is 11.5. The van der Waals surface area contributed by atoms with Crippen molar-refractivity contribution in [2.24, 2.45) is 0 Å². The number of ether oxygens (including phenoxy) is 1. The van der Waals surface area contributed by atoms with Crippen molar-refractivity contribution in [1.29, 1.82) is 0 Å². The molecule has 0 aliphatic heterocycles. The molecule has 108 valence electrons. The molecule has 0 aromatic heterocycles. The van der Waals surface area contributed by atoms with Crippen LogP contribution in [0.5, 0.6) is 0 Å². The van der Waals surface area contributed by atoms with Gasteiger partial charge in [-0.15, -0.1) is 0 Å². The van der Waals surface area contributed by atoms with Gasteiger partial charge in [-0.1, -0.05) is 50.2 Å². The number of hydrogen-bond acceptors (Lipinski definition) is 2. The summed E-state index contributed by atoms with van der Waals surface area (Å²) in [6.07, 6.45) is 1.10. The molecule has 0 heterocycles. The highest BCUT2D eigenvalue weighted by atomic mass is 16.5. The zero-order valence-electron chi connectivity index (χ0n) is 12.7. The highest BCUT2D eigenvalue weighted by Gasteiger charge is 2.36. The lowest BCUT2D eigenvalue weighted by molar-refractivity contribution is 0.0600. The van der Waals surface area contributed by atoms with Crippen molar-refractivity contribution in [3.63, 3.8) is 0 Å². The third-order valence-electron chi connectivity index (χ3n) is 4.51. The number of hydrogen-bond donors (Lipinski definition) is 0. The predicted octanol–water partition coefficient (Wildman–Crippen LogP) is 4.29. The summed E-state index contributed by atoms with van der Waals surface area (Å²) in [6.45, 7) is 4.60. The van der Waals surface area contributed by atoms with Gasteiger partial charge in [0.05, 0.1) is 12.7 Å². The van der Waals surface area contributed by atoms with E-state index < -0.39 is 0 Å². The van der Waals surface area contributed by atoms with Crippen molar-refractivity contribution < 1.29 is 9.53 Å². The second-order valence-corrected chi connectivity index (χ2v) is 6.34. The van der Waals surface area contributed by atoms with Gasteiger partial charge in [-0.2, -0.15) is 0 Å². The molecule has 0 spiro atoms. The van der Waals surface area contributed by atoms with Crippen molar-refractivity contribution in [3.05, 3.63) is 70.8 Å². The quantitative estimate of drug-likeness (QED) is 0.767. The van der Waals surface area contributed by atoms with E-state index in [1.165, 1.54) is 23.8 Å². The van der Waals surface area contributed by atoms with Gasteiger partial charge in [-0.25, -0.2) is 4.79 Å². The van der Waals surface area contributed by atoms with Crippen LogP contribution in [0.3, 0.4) is 0 Å². The van der Waals surface area contributed by atoms with E-state index >= 15 is 0 Å². The lowest BCUT2D eigenvalue weighted by Gasteiger charge is -2.19. The number of carbonyl (C=O) groups excluding carboxylic acids is 1. The van der Waals surface area contributed by atoms with Crippen molar-refractivity contribution >= 4 is 5.97 Å². The number of esters is 1. The minimum atomic E-state index is -0.284. The molecule has 0 N–H and O–H groups in total. The number of methoxy groups -OCH3 is 1. The van der Waals surface area contributed by atoms with Gasteiger partial charge in [-0.05, 0) is 40.7 Å². The molecular weight excluding hydrogens is 260 g/mol. The Balaban J connectivity index is 1.97. The molecule has 0 bridgehead atoms. The summed E-state index contributed by atoms with van der Waals surface area (Å²) in [7, 11) is 1.41. The summed E-state index contributed by atoms with van der Waals surface area (Å²) < 4.78 is 4.75. The Morgan fingerprint density at radius 1 is 1.10 bits per heavy atom. The van der Waals surface area contributed by atoms with Gasteiger partial charge in [0.2, 0.25) is 0 Å². The molecule has 2 heteroatoms. The van der Waals surface area contributed by atoms with Crippen molar-refractivity contribution in [2.45, 2.75) is 31.6 Å². The van der Waals surface area contributed by atoms with E-state index in [2.05, 4.69) is 50.2 Å². The highest BCUT2D eigenvalue weighted by molar-refractivity contribution is 5.89. The largest absolute Gasteiger partial charge is 0.465 e. The molecule has 3 rings (SSSR count). The number of fused-ring (bicyclic) bond motifs is 1. The van der Waals surface area contributed by atoms with Crippen LogP contribution in [0.25, 0.3) is 0 Å². The molecule has 2 aromatic carbocycles. The Kier molecular flexibility index (Phi) is 3.32. The van der Waals surface area contributed by atoms with Crippen LogP contribution in [0.15, 0.2) is 48.5 Å². The van der Waals surface area contributed by atoms with Gasteiger partial charge in [0.15, 0.2) is 0 Å². The predicted molar refractivity (Wildman–Crippen MR) is 83.7 cm³/mol. The molecule has 0 fully saturated rings. The normalized spacial score (nSPS) is 19.1. The summed E-state index contributed by atoms with van der Waals surface area (Å²) in [5, 5.41) is 0. The Hall–Kier alpha value is -2.09. The van der Waals surface area contributed by atoms with Crippen LogP contribution >= 0.6 is 0 Å². The topological polar surface area (TPSA) is 26.3 Å². The second-order valence-electron chi connectivity index (χ2n) is 6.34. The molecule has 21 heavy (non-hydrogen) atoms. The minimum absolute atomic E-state index is 0.197. The van der Waals surface area contributed by atoms with Crippen molar-refractivity contribution in [2.75, 3.05) is 7.11 Å². The van der Waals surface area contributed by atoms with E-state index in [0.717, 1.165) is 6.42 Å². The summed E-state index contributed by atoms with van der Waals surface area (Å²) in [5.41, 5.74) is 4.91. The van der Waals surface area contributed by atoms with Gasteiger partial charge in [0, 0.05) is 5.92 Å². The number of benzene rings is 2. The van der Waals surface area contributed by atoms with Gasteiger partial charge in [0.1, 0.15) is 0 Å². The highest BCUT2D eigenvalue weighted by Crippen LogP contribution is 2.48. The Morgan fingerprint density at radius 3 is 2.43 bits per heavy atom. The summed E-state index contributed by atoms with van der Waals surface area (Å²) in [6, 6.07) is 16.5. The Labute approximate surface area is 125 Å². The van der Waals surface area contributed by atoms with E-state index in [1.54, 1.807) is 0 Å². The molecule has 1 aliphatic rings. The fraction of sp³-hybridized carbons (Fsp3) is 0.316. The monoisotopic (exact) mass is 280 g/mol. The first kappa shape index (κ1) is 13.9. The molecule has 0 saturated carbocycles. The molecule has 2 nitrogen and oxygen atoms in total. The van der Waals surface area contributed by atoms with E-state index in [4.69, 9.17) is 4.74 Å². The summed E-state index contributed by atoms with van der Waals surface area (Å²) in [5.74, 6) is 0.122. The fourth-order valence-corrected chi connectivity index (χ4v) is 3.41. The third kappa shape index (κ3) is 2.35. The average molecular weight is 280 g/mol. The van der Waals surface area contributed by atoms with Gasteiger partial charge in [-0.3, -0.25) is 0 Å². The van der Waals surface area contributed by atoms with E-state index in [9.17, 15) is 4.79 Å². The average Bonchev–Trinajstić information content (AvgIpc) is 2.79. The van der Waals surface area contributed by atoms with Crippen LogP contribution in [0.4, 0.5) is 0 Å². The summed E-state index contributed by atoms with van der Waals surface area (Å²) in [4.78, 5) is 11.5. The van der Waals surface area contributed by atoms with Crippen LogP contribution in [0, 0.1) is 0 Å². The maximum atomic E-state index is 11.5. The van der Waals surface area contributed by atoms with Crippen molar-refractivity contribution in [3.8, 4) is 0 Å². The molecule has 1 unspecified atom stereocenters. The fourth-order valence-electron chi connectivity index (χ4n) is 3.41.